The third kappa shape index (κ3) is 4.34. The Morgan fingerprint density at radius 1 is 1.13 bits per heavy atom. The van der Waals surface area contributed by atoms with Crippen LogP contribution >= 0.6 is 12.2 Å². The molecule has 3 nitrogen and oxygen atoms in total. The second-order valence-corrected chi connectivity index (χ2v) is 4.45. The van der Waals surface area contributed by atoms with E-state index in [9.17, 15) is 0 Å². The predicted molar refractivity (Wildman–Crippen MR) is 69.2 cm³/mol. The number of nitrogens with one attached hydrogen (secondary N) is 1. The van der Waals surface area contributed by atoms with Crippen LogP contribution in [-0.2, 0) is 0 Å². The van der Waals surface area contributed by atoms with E-state index in [1.165, 1.54) is 13.0 Å². The van der Waals surface area contributed by atoms with Gasteiger partial charge in [0, 0.05) is 32.7 Å². The van der Waals surface area contributed by atoms with Crippen LogP contribution in [0.2, 0.25) is 0 Å². The number of hydrogen-bond acceptors (Lipinski definition) is 2. The van der Waals surface area contributed by atoms with Gasteiger partial charge in [0.15, 0.2) is 5.11 Å². The Morgan fingerprint density at radius 2 is 1.80 bits per heavy atom. The summed E-state index contributed by atoms with van der Waals surface area (Å²) in [7, 11) is 0. The molecule has 0 aromatic rings. The Kier molecular flexibility index (Phi) is 5.95. The fourth-order valence-corrected chi connectivity index (χ4v) is 2.12. The molecular weight excluding hydrogens is 206 g/mol. The van der Waals surface area contributed by atoms with Gasteiger partial charge in [-0.3, -0.25) is 4.90 Å². The molecule has 4 heteroatoms. The summed E-state index contributed by atoms with van der Waals surface area (Å²) in [5, 5.41) is 4.23. The third-order valence-corrected chi connectivity index (χ3v) is 3.13. The molecule has 0 unspecified atom stereocenters. The Morgan fingerprint density at radius 3 is 2.33 bits per heavy atom. The molecule has 1 saturated heterocycles. The smallest absolute Gasteiger partial charge is 0.169 e. The highest BCUT2D eigenvalue weighted by molar-refractivity contribution is 7.80. The van der Waals surface area contributed by atoms with Gasteiger partial charge >= 0.3 is 0 Å². The van der Waals surface area contributed by atoms with Crippen molar-refractivity contribution in [3.8, 4) is 0 Å². The molecule has 1 aliphatic heterocycles. The van der Waals surface area contributed by atoms with E-state index in [4.69, 9.17) is 12.2 Å². The van der Waals surface area contributed by atoms with Crippen molar-refractivity contribution in [3.63, 3.8) is 0 Å². The zero-order valence-corrected chi connectivity index (χ0v) is 10.8. The Bertz CT molecular complexity index is 188. The van der Waals surface area contributed by atoms with Crippen molar-refractivity contribution in [2.24, 2.45) is 0 Å². The molecule has 1 aliphatic rings. The van der Waals surface area contributed by atoms with Gasteiger partial charge in [0.1, 0.15) is 0 Å². The summed E-state index contributed by atoms with van der Waals surface area (Å²) < 4.78 is 0. The molecule has 1 fully saturated rings. The van der Waals surface area contributed by atoms with Crippen LogP contribution in [0.4, 0.5) is 0 Å². The summed E-state index contributed by atoms with van der Waals surface area (Å²) in [6, 6.07) is 0. The van der Waals surface area contributed by atoms with Crippen molar-refractivity contribution < 1.29 is 0 Å². The summed E-state index contributed by atoms with van der Waals surface area (Å²) in [4.78, 5) is 4.80. The quantitative estimate of drug-likeness (QED) is 0.732. The molecule has 0 spiro atoms. The monoisotopic (exact) mass is 229 g/mol. The van der Waals surface area contributed by atoms with Crippen LogP contribution < -0.4 is 5.32 Å². The molecule has 0 aromatic heterocycles. The maximum Gasteiger partial charge on any atom is 0.169 e. The minimum Gasteiger partial charge on any atom is -0.363 e. The lowest BCUT2D eigenvalue weighted by molar-refractivity contribution is 0.181. The van der Waals surface area contributed by atoms with Crippen molar-refractivity contribution in [1.82, 2.24) is 15.1 Å². The zero-order valence-electron chi connectivity index (χ0n) is 9.96. The van der Waals surface area contributed by atoms with E-state index in [1.807, 2.05) is 0 Å². The lowest BCUT2D eigenvalue weighted by Crippen LogP contribution is -2.51. The van der Waals surface area contributed by atoms with Crippen LogP contribution in [0.5, 0.6) is 0 Å². The van der Waals surface area contributed by atoms with Crippen molar-refractivity contribution in [2.45, 2.75) is 26.7 Å². The molecule has 1 rings (SSSR count). The van der Waals surface area contributed by atoms with E-state index < -0.39 is 0 Å². The number of piperazine rings is 1. The molecule has 15 heavy (non-hydrogen) atoms. The van der Waals surface area contributed by atoms with Crippen LogP contribution in [0, 0.1) is 0 Å². The summed E-state index contributed by atoms with van der Waals surface area (Å²) in [5.74, 6) is 0. The van der Waals surface area contributed by atoms with Gasteiger partial charge in [0.05, 0.1) is 0 Å². The van der Waals surface area contributed by atoms with Gasteiger partial charge < -0.3 is 10.2 Å². The highest BCUT2D eigenvalue weighted by Crippen LogP contribution is 2.02. The minimum absolute atomic E-state index is 0.938. The van der Waals surface area contributed by atoms with E-state index in [2.05, 4.69) is 29.0 Å². The Balaban J connectivity index is 2.21. The SMILES string of the molecule is CCCNC(=S)N1CCN(CCC)CC1. The largest absolute Gasteiger partial charge is 0.363 e. The van der Waals surface area contributed by atoms with E-state index >= 15 is 0 Å². The molecule has 0 bridgehead atoms. The average Bonchev–Trinajstić information content (AvgIpc) is 2.27. The molecule has 88 valence electrons. The van der Waals surface area contributed by atoms with Crippen molar-refractivity contribution >= 4 is 17.3 Å². The summed E-state index contributed by atoms with van der Waals surface area (Å²) in [6.07, 6.45) is 2.38. The van der Waals surface area contributed by atoms with E-state index in [1.54, 1.807) is 0 Å². The molecule has 0 radical (unpaired) electrons. The van der Waals surface area contributed by atoms with Gasteiger partial charge in [-0.1, -0.05) is 13.8 Å². The van der Waals surface area contributed by atoms with Crippen molar-refractivity contribution in [1.29, 1.82) is 0 Å². The fourth-order valence-electron chi connectivity index (χ4n) is 1.83. The lowest BCUT2D eigenvalue weighted by atomic mass is 10.3. The average molecular weight is 229 g/mol. The van der Waals surface area contributed by atoms with E-state index in [0.717, 1.165) is 44.3 Å². The normalized spacial score (nSPS) is 17.9. The first-order chi connectivity index (χ1) is 7.27. The predicted octanol–water partition coefficient (Wildman–Crippen LogP) is 1.30. The van der Waals surface area contributed by atoms with Gasteiger partial charge in [-0.2, -0.15) is 0 Å². The maximum atomic E-state index is 5.34. The molecule has 0 amide bonds. The molecule has 1 heterocycles. The lowest BCUT2D eigenvalue weighted by Gasteiger charge is -2.36. The molecule has 0 atom stereocenters. The number of nitrogens with zero attached hydrogens (tertiary/aromatic N) is 2. The van der Waals surface area contributed by atoms with Crippen LogP contribution in [0.15, 0.2) is 0 Å². The standard InChI is InChI=1S/C11H23N3S/c1-3-5-12-11(15)14-9-7-13(6-4-2)8-10-14/h3-10H2,1-2H3,(H,12,15). The van der Waals surface area contributed by atoms with Gasteiger partial charge in [-0.05, 0) is 31.6 Å². The first kappa shape index (κ1) is 12.7. The van der Waals surface area contributed by atoms with Crippen LogP contribution in [0.1, 0.15) is 26.7 Å². The first-order valence-electron chi connectivity index (χ1n) is 6.03. The van der Waals surface area contributed by atoms with Gasteiger partial charge in [0.2, 0.25) is 0 Å². The topological polar surface area (TPSA) is 18.5 Å². The fraction of sp³-hybridized carbons (Fsp3) is 0.909. The van der Waals surface area contributed by atoms with Crippen LogP contribution in [0.25, 0.3) is 0 Å². The van der Waals surface area contributed by atoms with Gasteiger partial charge in [-0.25, -0.2) is 0 Å². The van der Waals surface area contributed by atoms with Gasteiger partial charge in [0.25, 0.3) is 0 Å². The highest BCUT2D eigenvalue weighted by Gasteiger charge is 2.17. The van der Waals surface area contributed by atoms with E-state index in [-0.39, 0.29) is 0 Å². The number of rotatable bonds is 4. The van der Waals surface area contributed by atoms with Crippen molar-refractivity contribution in [2.75, 3.05) is 39.3 Å². The maximum absolute atomic E-state index is 5.34. The minimum atomic E-state index is 0.938. The first-order valence-corrected chi connectivity index (χ1v) is 6.43. The molecule has 0 saturated carbocycles. The summed E-state index contributed by atoms with van der Waals surface area (Å²) >= 11 is 5.34. The molecule has 0 aromatic carbocycles. The summed E-state index contributed by atoms with van der Waals surface area (Å²) in [6.45, 7) is 11.1. The third-order valence-electron chi connectivity index (χ3n) is 2.73. The van der Waals surface area contributed by atoms with Crippen molar-refractivity contribution in [3.05, 3.63) is 0 Å². The molecule has 0 aliphatic carbocycles. The molecule has 1 N–H and O–H groups in total. The zero-order chi connectivity index (χ0) is 11.1. The Labute approximate surface area is 98.8 Å². The van der Waals surface area contributed by atoms with Gasteiger partial charge in [-0.15, -0.1) is 0 Å². The highest BCUT2D eigenvalue weighted by atomic mass is 32.1. The molecular formula is C11H23N3S. The van der Waals surface area contributed by atoms with Crippen LogP contribution in [-0.4, -0.2) is 54.2 Å². The van der Waals surface area contributed by atoms with E-state index in [0.29, 0.717) is 0 Å². The number of hydrogen-bond donors (Lipinski definition) is 1. The van der Waals surface area contributed by atoms with Crippen LogP contribution in [0.3, 0.4) is 0 Å². The summed E-state index contributed by atoms with van der Waals surface area (Å²) in [5.41, 5.74) is 0. The number of thiocarbonyl (C=S) groups is 1. The Hall–Kier alpha value is -0.350. The second kappa shape index (κ2) is 7.01. The second-order valence-electron chi connectivity index (χ2n) is 4.06.